The van der Waals surface area contributed by atoms with Crippen LogP contribution in [0, 0.1) is 23.7 Å². The first kappa shape index (κ1) is 38.6. The van der Waals surface area contributed by atoms with Gasteiger partial charge in [0.25, 0.3) is 0 Å². The van der Waals surface area contributed by atoms with E-state index in [0.29, 0.717) is 51.4 Å². The van der Waals surface area contributed by atoms with Gasteiger partial charge >= 0.3 is 0 Å². The molecule has 0 aromatic carbocycles. The van der Waals surface area contributed by atoms with E-state index in [1.807, 2.05) is 0 Å². The van der Waals surface area contributed by atoms with Crippen LogP contribution in [0.2, 0.25) is 0 Å². The quantitative estimate of drug-likeness (QED) is 0.110. The summed E-state index contributed by atoms with van der Waals surface area (Å²) in [4.78, 5) is 0. The lowest BCUT2D eigenvalue weighted by atomic mass is 9.63. The van der Waals surface area contributed by atoms with Crippen molar-refractivity contribution in [2.75, 3.05) is 13.2 Å². The molecular weight excluding hydrogens is 680 g/mol. The van der Waals surface area contributed by atoms with Crippen molar-refractivity contribution in [1.82, 2.24) is 0 Å². The van der Waals surface area contributed by atoms with Crippen molar-refractivity contribution in [1.29, 1.82) is 0 Å². The lowest BCUT2D eigenvalue weighted by Crippen LogP contribution is -2.68. The number of aliphatic hydroxyl groups excluding tert-OH is 11. The largest absolute Gasteiger partial charge is 0.427 e. The second kappa shape index (κ2) is 15.8. The third kappa shape index (κ3) is 7.63. The Balaban J connectivity index is 1.22. The summed E-state index contributed by atoms with van der Waals surface area (Å²) in [5.41, 5.74) is 0. The molecule has 23 atom stereocenters. The molecule has 4 aliphatic heterocycles. The Kier molecular flexibility index (Phi) is 12.0. The standard InChI is InChI=1S/C34H56O17/c35-10-24-27(43)28(44)32(51-33-29(45)26(42)20(41)11-46-33)34(49-24)50-31-15-9-21(12-1-3-16(37)18(39)5-12)47-22-7-14(36)8-23(25(15)22)48-30(31)13-2-4-17(38)19(40)6-13/h12-45H,1-11H2/p+1. The van der Waals surface area contributed by atoms with Crippen molar-refractivity contribution < 1.29 is 84.6 Å². The van der Waals surface area contributed by atoms with Crippen molar-refractivity contribution in [3.8, 4) is 0 Å². The Hall–Kier alpha value is -0.680. The van der Waals surface area contributed by atoms with Crippen molar-refractivity contribution in [3.63, 3.8) is 0 Å². The van der Waals surface area contributed by atoms with E-state index in [9.17, 15) is 56.2 Å². The Labute approximate surface area is 295 Å². The zero-order valence-corrected chi connectivity index (χ0v) is 28.5. The minimum absolute atomic E-state index is 0.0871. The third-order valence-corrected chi connectivity index (χ3v) is 12.9. The highest BCUT2D eigenvalue weighted by atomic mass is 16.8. The number of aliphatic hydroxyl groups is 13. The summed E-state index contributed by atoms with van der Waals surface area (Å²) >= 11 is 0. The van der Waals surface area contributed by atoms with Crippen LogP contribution in [0.4, 0.5) is 0 Å². The van der Waals surface area contributed by atoms with Crippen molar-refractivity contribution in [2.45, 2.75) is 174 Å². The summed E-state index contributed by atoms with van der Waals surface area (Å²) in [6.07, 6.45) is -17.0. The average Bonchev–Trinajstić information content (AvgIpc) is 3.10. The topological polar surface area (TPSA) is 281 Å². The second-order valence-corrected chi connectivity index (χ2v) is 16.1. The minimum atomic E-state index is -1.72. The van der Waals surface area contributed by atoms with Crippen LogP contribution in [0.5, 0.6) is 0 Å². The zero-order valence-electron chi connectivity index (χ0n) is 28.5. The van der Waals surface area contributed by atoms with Gasteiger partial charge in [-0.25, -0.2) is 0 Å². The fourth-order valence-corrected chi connectivity index (χ4v) is 10.1. The molecule has 3 aliphatic carbocycles. The van der Waals surface area contributed by atoms with Crippen LogP contribution in [0.3, 0.4) is 0 Å². The lowest BCUT2D eigenvalue weighted by Gasteiger charge is -2.57. The molecule has 0 spiro atoms. The summed E-state index contributed by atoms with van der Waals surface area (Å²) in [5.74, 6) is -0.824. The predicted molar refractivity (Wildman–Crippen MR) is 169 cm³/mol. The first-order valence-electron chi connectivity index (χ1n) is 18.7. The molecule has 4 saturated heterocycles. The van der Waals surface area contributed by atoms with E-state index in [1.165, 1.54) is 0 Å². The summed E-state index contributed by atoms with van der Waals surface area (Å²) in [6, 6.07) is 0. The van der Waals surface area contributed by atoms with E-state index in [4.69, 9.17) is 28.4 Å². The molecule has 3 saturated carbocycles. The van der Waals surface area contributed by atoms with Gasteiger partial charge in [0.05, 0.1) is 61.9 Å². The van der Waals surface area contributed by atoms with Gasteiger partial charge in [0.1, 0.15) is 48.8 Å². The van der Waals surface area contributed by atoms with Crippen molar-refractivity contribution >= 4 is 0 Å². The molecule has 7 fully saturated rings. The molecule has 23 unspecified atom stereocenters. The van der Waals surface area contributed by atoms with Gasteiger partial charge in [0.15, 0.2) is 24.8 Å². The molecule has 17 nitrogen and oxygen atoms in total. The van der Waals surface area contributed by atoms with Crippen LogP contribution in [0.15, 0.2) is 0 Å². The molecule has 0 bridgehead atoms. The van der Waals surface area contributed by atoms with E-state index in [2.05, 4.69) is 0 Å². The molecule has 0 radical (unpaired) electrons. The van der Waals surface area contributed by atoms with Gasteiger partial charge in [-0.2, -0.15) is 0 Å². The van der Waals surface area contributed by atoms with Crippen LogP contribution in [-0.4, -0.2) is 190 Å². The van der Waals surface area contributed by atoms with Gasteiger partial charge in [-0.1, -0.05) is 0 Å². The molecule has 12 N–H and O–H groups in total. The van der Waals surface area contributed by atoms with E-state index < -0.39 is 111 Å². The van der Waals surface area contributed by atoms with Crippen LogP contribution in [0.25, 0.3) is 0 Å². The van der Waals surface area contributed by atoms with Gasteiger partial charge in [-0.05, 0) is 50.9 Å². The molecule has 51 heavy (non-hydrogen) atoms. The molecule has 7 aliphatic rings. The molecule has 0 aromatic heterocycles. The fourth-order valence-electron chi connectivity index (χ4n) is 10.1. The van der Waals surface area contributed by atoms with Gasteiger partial charge in [-0.15, -0.1) is 0 Å². The summed E-state index contributed by atoms with van der Waals surface area (Å²) in [5, 5.41) is 116. The van der Waals surface area contributed by atoms with Gasteiger partial charge in [-0.3, -0.25) is 0 Å². The van der Waals surface area contributed by atoms with Crippen molar-refractivity contribution in [3.05, 3.63) is 0 Å². The van der Waals surface area contributed by atoms with Gasteiger partial charge in [0.2, 0.25) is 0 Å². The van der Waals surface area contributed by atoms with Crippen LogP contribution in [0.1, 0.15) is 57.8 Å². The van der Waals surface area contributed by atoms with Crippen LogP contribution >= 0.6 is 0 Å². The second-order valence-electron chi connectivity index (χ2n) is 16.1. The molecule has 4 heterocycles. The van der Waals surface area contributed by atoms with E-state index in [-0.39, 0.29) is 48.9 Å². The van der Waals surface area contributed by atoms with Gasteiger partial charge < -0.3 is 84.6 Å². The third-order valence-electron chi connectivity index (χ3n) is 12.9. The smallest absolute Gasteiger partial charge is 0.187 e. The maximum Gasteiger partial charge on any atom is 0.187 e. The number of hydrogen-bond donors (Lipinski definition) is 11. The van der Waals surface area contributed by atoms with E-state index >= 15 is 0 Å². The normalized spacial score (nSPS) is 56.6. The van der Waals surface area contributed by atoms with Crippen LogP contribution < -0.4 is 0 Å². The monoisotopic (exact) mass is 737 g/mol. The maximum atomic E-state index is 11.3. The van der Waals surface area contributed by atoms with Gasteiger partial charge in [0, 0.05) is 24.7 Å². The predicted octanol–water partition coefficient (Wildman–Crippen LogP) is -4.50. The summed E-state index contributed by atoms with van der Waals surface area (Å²) in [6.45, 7) is -1.06. The molecule has 0 amide bonds. The van der Waals surface area contributed by atoms with E-state index in [1.54, 1.807) is 0 Å². The SMILES string of the molecule is OCC1OC(OC2C3CC(C4CCC(O)C(O)C4)OC4CC(O)CC([OH+]C2C2CCC(O)C(O)C2)C43)C(OC2OCC(O)C(O)C2O)C(O)C1O. The lowest BCUT2D eigenvalue weighted by molar-refractivity contribution is -0.396. The minimum Gasteiger partial charge on any atom is -0.427 e. The first-order chi connectivity index (χ1) is 24.3. The highest BCUT2D eigenvalue weighted by molar-refractivity contribution is 5.06. The fraction of sp³-hybridized carbons (Fsp3) is 1.00. The summed E-state index contributed by atoms with van der Waals surface area (Å²) in [7, 11) is 0. The number of rotatable bonds is 7. The molecule has 17 heteroatoms. The maximum absolute atomic E-state index is 11.3. The zero-order chi connectivity index (χ0) is 36.3. The Morgan fingerprint density at radius 1 is 0.569 bits per heavy atom. The Bertz CT molecular complexity index is 1140. The first-order valence-corrected chi connectivity index (χ1v) is 18.7. The Morgan fingerprint density at radius 3 is 1.92 bits per heavy atom. The number of ether oxygens (including phenoxy) is 6. The summed E-state index contributed by atoms with van der Waals surface area (Å²) < 4.78 is 36.3. The average molecular weight is 738 g/mol. The molecular formula is C34H57O17+. The highest BCUT2D eigenvalue weighted by Crippen LogP contribution is 2.52. The van der Waals surface area contributed by atoms with Crippen molar-refractivity contribution in [2.24, 2.45) is 23.7 Å². The van der Waals surface area contributed by atoms with Crippen LogP contribution in [-0.2, 0) is 23.7 Å². The highest BCUT2D eigenvalue weighted by Gasteiger charge is 2.62. The number of hydrogen-bond acceptors (Lipinski definition) is 16. The molecule has 0 aromatic rings. The molecule has 7 rings (SSSR count). The molecule has 294 valence electrons. The van der Waals surface area contributed by atoms with E-state index in [0.717, 1.165) is 0 Å². The Morgan fingerprint density at radius 2 is 1.24 bits per heavy atom.